The van der Waals surface area contributed by atoms with Crippen LogP contribution in [0.5, 0.6) is 11.5 Å². The van der Waals surface area contributed by atoms with Crippen molar-refractivity contribution in [2.75, 3.05) is 13.7 Å². The smallest absolute Gasteiger partial charge is 0.270 e. The highest BCUT2D eigenvalue weighted by Gasteiger charge is 2.14. The second-order valence-electron chi connectivity index (χ2n) is 7.26. The van der Waals surface area contributed by atoms with E-state index in [0.29, 0.717) is 36.3 Å². The minimum atomic E-state index is -0.280. The zero-order chi connectivity index (χ0) is 21.5. The number of carbonyl (C=O) groups excluding carboxylic acids is 1. The van der Waals surface area contributed by atoms with Gasteiger partial charge in [-0.05, 0) is 48.2 Å². The van der Waals surface area contributed by atoms with Gasteiger partial charge in [-0.2, -0.15) is 0 Å². The number of halogens is 1. The van der Waals surface area contributed by atoms with Crippen LogP contribution >= 0.6 is 11.3 Å². The van der Waals surface area contributed by atoms with Gasteiger partial charge >= 0.3 is 0 Å². The quantitative estimate of drug-likeness (QED) is 0.502. The van der Waals surface area contributed by atoms with Gasteiger partial charge in [0.2, 0.25) is 0 Å². The molecule has 1 heterocycles. The van der Waals surface area contributed by atoms with Crippen LogP contribution in [0.15, 0.2) is 47.8 Å². The van der Waals surface area contributed by atoms with Crippen LogP contribution in [0, 0.1) is 11.7 Å². The van der Waals surface area contributed by atoms with Crippen molar-refractivity contribution < 1.29 is 18.7 Å². The Hall–Kier alpha value is -2.93. The van der Waals surface area contributed by atoms with Crippen molar-refractivity contribution in [3.63, 3.8) is 0 Å². The number of benzene rings is 2. The molecule has 0 unspecified atom stereocenters. The van der Waals surface area contributed by atoms with Gasteiger partial charge < -0.3 is 14.8 Å². The number of rotatable bonds is 9. The number of carbonyl (C=O) groups is 1. The third kappa shape index (κ3) is 5.79. The molecule has 3 aromatic rings. The van der Waals surface area contributed by atoms with Crippen molar-refractivity contribution in [1.82, 2.24) is 10.3 Å². The molecule has 0 saturated heterocycles. The van der Waals surface area contributed by atoms with Crippen LogP contribution in [0.4, 0.5) is 4.39 Å². The van der Waals surface area contributed by atoms with Crippen molar-refractivity contribution in [3.8, 4) is 22.1 Å². The van der Waals surface area contributed by atoms with E-state index in [2.05, 4.69) is 24.1 Å². The molecule has 0 bridgehead atoms. The van der Waals surface area contributed by atoms with E-state index >= 15 is 0 Å². The summed E-state index contributed by atoms with van der Waals surface area (Å²) in [5.74, 6) is 1.23. The van der Waals surface area contributed by atoms with Crippen LogP contribution in [0.25, 0.3) is 10.6 Å². The molecule has 5 nitrogen and oxygen atoms in total. The van der Waals surface area contributed by atoms with Crippen molar-refractivity contribution in [1.29, 1.82) is 0 Å². The Morgan fingerprint density at radius 1 is 1.17 bits per heavy atom. The van der Waals surface area contributed by atoms with Crippen LogP contribution in [0.2, 0.25) is 0 Å². The number of thiazole rings is 1. The molecule has 0 aliphatic carbocycles. The fraction of sp³-hybridized carbons (Fsp3) is 0.304. The van der Waals surface area contributed by atoms with E-state index in [1.165, 1.54) is 23.5 Å². The Morgan fingerprint density at radius 2 is 1.93 bits per heavy atom. The molecule has 1 N–H and O–H groups in total. The Labute approximate surface area is 179 Å². The maximum Gasteiger partial charge on any atom is 0.270 e. The summed E-state index contributed by atoms with van der Waals surface area (Å²) < 4.78 is 24.3. The van der Waals surface area contributed by atoms with Crippen molar-refractivity contribution in [3.05, 3.63) is 64.9 Å². The van der Waals surface area contributed by atoms with Gasteiger partial charge in [0.1, 0.15) is 23.1 Å². The number of nitrogens with zero attached hydrogens (tertiary/aromatic N) is 1. The van der Waals surface area contributed by atoms with E-state index in [-0.39, 0.29) is 11.7 Å². The third-order valence-corrected chi connectivity index (χ3v) is 5.35. The first kappa shape index (κ1) is 21.8. The number of ether oxygens (including phenoxy) is 2. The van der Waals surface area contributed by atoms with Crippen LogP contribution in [0.3, 0.4) is 0 Å². The van der Waals surface area contributed by atoms with Gasteiger partial charge in [0.25, 0.3) is 5.91 Å². The molecule has 7 heteroatoms. The fourth-order valence-electron chi connectivity index (χ4n) is 2.74. The summed E-state index contributed by atoms with van der Waals surface area (Å²) in [6.45, 7) is 5.17. The molecule has 0 atom stereocenters. The summed E-state index contributed by atoms with van der Waals surface area (Å²) in [5, 5.41) is 5.38. The Morgan fingerprint density at radius 3 is 2.63 bits per heavy atom. The van der Waals surface area contributed by atoms with Crippen LogP contribution < -0.4 is 14.8 Å². The van der Waals surface area contributed by atoms with Crippen molar-refractivity contribution in [2.45, 2.75) is 26.9 Å². The zero-order valence-electron chi connectivity index (χ0n) is 17.3. The van der Waals surface area contributed by atoms with E-state index in [1.807, 2.05) is 18.2 Å². The molecule has 0 fully saturated rings. The predicted molar refractivity (Wildman–Crippen MR) is 117 cm³/mol. The molecule has 30 heavy (non-hydrogen) atoms. The van der Waals surface area contributed by atoms with E-state index in [9.17, 15) is 9.18 Å². The lowest BCUT2D eigenvalue weighted by atomic mass is 10.1. The predicted octanol–water partition coefficient (Wildman–Crippen LogP) is 5.31. The summed E-state index contributed by atoms with van der Waals surface area (Å²) >= 11 is 1.40. The number of nitrogens with one attached hydrogen (secondary N) is 1. The lowest BCUT2D eigenvalue weighted by molar-refractivity contribution is 0.0948. The molecule has 1 amide bonds. The summed E-state index contributed by atoms with van der Waals surface area (Å²) in [4.78, 5) is 16.7. The number of aromatic nitrogens is 1. The minimum absolute atomic E-state index is 0.163. The Kier molecular flexibility index (Phi) is 7.41. The maximum atomic E-state index is 13.0. The van der Waals surface area contributed by atoms with Crippen LogP contribution in [-0.4, -0.2) is 24.5 Å². The van der Waals surface area contributed by atoms with Crippen LogP contribution in [-0.2, 0) is 6.61 Å². The molecule has 0 saturated carbocycles. The molecule has 158 valence electrons. The van der Waals surface area contributed by atoms with Gasteiger partial charge in [0.15, 0.2) is 11.5 Å². The number of methoxy groups -OCH3 is 1. The third-order valence-electron chi connectivity index (χ3n) is 4.46. The second kappa shape index (κ2) is 10.2. The lowest BCUT2D eigenvalue weighted by Gasteiger charge is -2.12. The molecule has 0 spiro atoms. The highest BCUT2D eigenvalue weighted by Crippen LogP contribution is 2.34. The fourth-order valence-corrected chi connectivity index (χ4v) is 3.53. The molecule has 0 aliphatic heterocycles. The normalized spacial score (nSPS) is 10.8. The van der Waals surface area contributed by atoms with E-state index in [4.69, 9.17) is 9.47 Å². The summed E-state index contributed by atoms with van der Waals surface area (Å²) in [7, 11) is 1.57. The largest absolute Gasteiger partial charge is 0.493 e. The number of amides is 1. The van der Waals surface area contributed by atoms with Crippen molar-refractivity contribution in [2.24, 2.45) is 5.92 Å². The molecule has 0 aliphatic rings. The van der Waals surface area contributed by atoms with E-state index < -0.39 is 0 Å². The molecular formula is C23H25FN2O3S. The highest BCUT2D eigenvalue weighted by atomic mass is 32.1. The Bertz CT molecular complexity index is 986. The first-order valence-corrected chi connectivity index (χ1v) is 10.6. The Balaban J connectivity index is 1.67. The van der Waals surface area contributed by atoms with E-state index in [1.54, 1.807) is 24.6 Å². The summed E-state index contributed by atoms with van der Waals surface area (Å²) in [5.41, 5.74) is 2.11. The summed E-state index contributed by atoms with van der Waals surface area (Å²) in [6.07, 6.45) is 0.930. The molecule has 2 aromatic carbocycles. The minimum Gasteiger partial charge on any atom is -0.493 e. The number of hydrogen-bond acceptors (Lipinski definition) is 5. The average molecular weight is 429 g/mol. The maximum absolute atomic E-state index is 13.0. The summed E-state index contributed by atoms with van der Waals surface area (Å²) in [6, 6.07) is 11.7. The van der Waals surface area contributed by atoms with Gasteiger partial charge in [-0.25, -0.2) is 9.37 Å². The van der Waals surface area contributed by atoms with Gasteiger partial charge in [-0.15, -0.1) is 11.3 Å². The van der Waals surface area contributed by atoms with Crippen molar-refractivity contribution >= 4 is 17.2 Å². The SMILES string of the molecule is COc1cc(-c2nc(C(=O)NCCC(C)C)cs2)ccc1OCc1ccc(F)cc1. The van der Waals surface area contributed by atoms with Gasteiger partial charge in [0, 0.05) is 17.5 Å². The molecule has 1 aromatic heterocycles. The van der Waals surface area contributed by atoms with Gasteiger partial charge in [0.05, 0.1) is 7.11 Å². The molecule has 3 rings (SSSR count). The average Bonchev–Trinajstić information content (AvgIpc) is 3.23. The van der Waals surface area contributed by atoms with E-state index in [0.717, 1.165) is 22.6 Å². The topological polar surface area (TPSA) is 60.5 Å². The highest BCUT2D eigenvalue weighted by molar-refractivity contribution is 7.13. The first-order chi connectivity index (χ1) is 14.5. The molecule has 0 radical (unpaired) electrons. The monoisotopic (exact) mass is 428 g/mol. The van der Waals surface area contributed by atoms with Crippen LogP contribution in [0.1, 0.15) is 36.3 Å². The standard InChI is InChI=1S/C23H25FN2O3S/c1-15(2)10-11-25-22(27)19-14-30-23(26-19)17-6-9-20(21(12-17)28-3)29-13-16-4-7-18(24)8-5-16/h4-9,12,14-15H,10-11,13H2,1-3H3,(H,25,27). The first-order valence-electron chi connectivity index (χ1n) is 9.75. The lowest BCUT2D eigenvalue weighted by Crippen LogP contribution is -2.25. The molecular weight excluding hydrogens is 403 g/mol. The van der Waals surface area contributed by atoms with Gasteiger partial charge in [-0.1, -0.05) is 26.0 Å². The van der Waals surface area contributed by atoms with Gasteiger partial charge in [-0.3, -0.25) is 4.79 Å². The zero-order valence-corrected chi connectivity index (χ0v) is 18.1. The second-order valence-corrected chi connectivity index (χ2v) is 8.12. The number of hydrogen-bond donors (Lipinski definition) is 1.